The fourth-order valence-corrected chi connectivity index (χ4v) is 4.83. The van der Waals surface area contributed by atoms with Gasteiger partial charge in [-0.3, -0.25) is 9.36 Å². The van der Waals surface area contributed by atoms with Crippen LogP contribution >= 0.6 is 0 Å². The summed E-state index contributed by atoms with van der Waals surface area (Å²) in [6, 6.07) is 16.1. The molecule has 4 aromatic heterocycles. The van der Waals surface area contributed by atoms with E-state index in [2.05, 4.69) is 9.97 Å². The Morgan fingerprint density at radius 2 is 1.85 bits per heavy atom. The summed E-state index contributed by atoms with van der Waals surface area (Å²) in [7, 11) is 3.92. The number of ether oxygens (including phenoxy) is 1. The normalized spacial score (nSPS) is 11.6. The second-order valence-corrected chi connectivity index (χ2v) is 10.0. The third-order valence-electron chi connectivity index (χ3n) is 6.79. The van der Waals surface area contributed by atoms with E-state index < -0.39 is 0 Å². The van der Waals surface area contributed by atoms with E-state index in [9.17, 15) is 9.90 Å². The van der Waals surface area contributed by atoms with Gasteiger partial charge in [-0.2, -0.15) is 10.2 Å². The van der Waals surface area contributed by atoms with Crippen molar-refractivity contribution in [1.82, 2.24) is 38.8 Å². The average molecular weight is 552 g/mol. The predicted octanol–water partition coefficient (Wildman–Crippen LogP) is 2.88. The van der Waals surface area contributed by atoms with Crippen molar-refractivity contribution in [2.24, 2.45) is 0 Å². The number of likely N-dealkylation sites (N-methyl/N-ethyl adjacent to an activating group) is 1. The summed E-state index contributed by atoms with van der Waals surface area (Å²) < 4.78 is 10.7. The first kappa shape index (κ1) is 26.0. The molecule has 41 heavy (non-hydrogen) atoms. The summed E-state index contributed by atoms with van der Waals surface area (Å²) in [5.74, 6) is 1.20. The van der Waals surface area contributed by atoms with E-state index in [4.69, 9.17) is 20.7 Å². The molecule has 2 aromatic carbocycles. The van der Waals surface area contributed by atoms with Crippen LogP contribution in [0.15, 0.2) is 71.9 Å². The van der Waals surface area contributed by atoms with Crippen molar-refractivity contribution in [3.8, 4) is 28.4 Å². The van der Waals surface area contributed by atoms with Crippen LogP contribution in [0.4, 0.5) is 5.82 Å². The predicted molar refractivity (Wildman–Crippen MR) is 156 cm³/mol. The van der Waals surface area contributed by atoms with E-state index in [1.807, 2.05) is 62.3 Å². The van der Waals surface area contributed by atoms with Gasteiger partial charge in [0.2, 0.25) is 0 Å². The van der Waals surface area contributed by atoms with Gasteiger partial charge in [0.1, 0.15) is 48.0 Å². The number of anilines is 1. The van der Waals surface area contributed by atoms with Gasteiger partial charge < -0.3 is 20.5 Å². The van der Waals surface area contributed by atoms with Crippen molar-refractivity contribution < 1.29 is 9.84 Å². The second kappa shape index (κ2) is 10.4. The molecule has 4 heterocycles. The number of phenolic OH excluding ortho intramolecular Hbond substituents is 1. The van der Waals surface area contributed by atoms with E-state index in [1.54, 1.807) is 38.2 Å². The first-order chi connectivity index (χ1) is 19.8. The number of nitrogens with zero attached hydrogens (tertiary/aromatic N) is 8. The van der Waals surface area contributed by atoms with E-state index in [0.717, 1.165) is 5.56 Å². The zero-order valence-corrected chi connectivity index (χ0v) is 22.9. The van der Waals surface area contributed by atoms with Gasteiger partial charge in [-0.25, -0.2) is 19.2 Å². The third-order valence-corrected chi connectivity index (χ3v) is 6.79. The van der Waals surface area contributed by atoms with E-state index >= 15 is 0 Å². The number of nitrogens with two attached hydrogens (primary N) is 1. The Hall–Kier alpha value is -5.23. The lowest BCUT2D eigenvalue weighted by Gasteiger charge is -2.13. The number of phenols is 1. The van der Waals surface area contributed by atoms with Gasteiger partial charge in [0.15, 0.2) is 11.5 Å². The molecule has 0 spiro atoms. The standard InChI is InChI=1S/C29H29N9O3/c1-18-9-10-36-26(18)29(40)38(20-7-5-4-6-8-20)23(33-36)16-37-28-24(27(30)31-17-32-28)25(34-37)19-13-21(39)15-22(14-19)41-12-11-35(2)3/h4-10,13-15,17,39H,11-12,16H2,1-3H3,(H2,30,31,32). The first-order valence-electron chi connectivity index (χ1n) is 13.0. The van der Waals surface area contributed by atoms with Gasteiger partial charge in [-0.05, 0) is 56.9 Å². The van der Waals surface area contributed by atoms with E-state index in [0.29, 0.717) is 58.2 Å². The maximum Gasteiger partial charge on any atom is 0.282 e. The lowest BCUT2D eigenvalue weighted by Crippen LogP contribution is -2.28. The van der Waals surface area contributed by atoms with Crippen LogP contribution in [0.2, 0.25) is 0 Å². The van der Waals surface area contributed by atoms with Crippen LogP contribution in [0.1, 0.15) is 11.4 Å². The van der Waals surface area contributed by atoms with Crippen molar-refractivity contribution in [3.63, 3.8) is 0 Å². The highest BCUT2D eigenvalue weighted by molar-refractivity contribution is 5.98. The minimum absolute atomic E-state index is 0.0217. The molecule has 0 saturated carbocycles. The van der Waals surface area contributed by atoms with Crippen LogP contribution < -0.4 is 16.0 Å². The molecule has 0 aliphatic heterocycles. The zero-order valence-electron chi connectivity index (χ0n) is 22.9. The molecule has 0 atom stereocenters. The Morgan fingerprint density at radius 1 is 1.05 bits per heavy atom. The topological polar surface area (TPSA) is 142 Å². The van der Waals surface area contributed by atoms with E-state index in [-0.39, 0.29) is 23.7 Å². The number of benzene rings is 2. The molecule has 12 nitrogen and oxygen atoms in total. The maximum absolute atomic E-state index is 13.8. The van der Waals surface area contributed by atoms with Crippen molar-refractivity contribution in [2.45, 2.75) is 13.5 Å². The molecule has 6 aromatic rings. The Labute approximate surface area is 234 Å². The highest BCUT2D eigenvalue weighted by atomic mass is 16.5. The molecule has 0 aliphatic rings. The zero-order chi connectivity index (χ0) is 28.7. The average Bonchev–Trinajstić information content (AvgIpc) is 3.50. The van der Waals surface area contributed by atoms with Gasteiger partial charge in [-0.1, -0.05) is 18.2 Å². The SMILES string of the molecule is Cc1ccn2nc(Cn3nc(-c4cc(O)cc(OCCN(C)C)c4)c4c(N)ncnc43)n(-c3ccccc3)c(=O)c12. The van der Waals surface area contributed by atoms with Gasteiger partial charge in [0, 0.05) is 24.4 Å². The minimum Gasteiger partial charge on any atom is -0.508 e. The fraction of sp³-hybridized carbons (Fsp3) is 0.207. The molecule has 0 aliphatic carbocycles. The van der Waals surface area contributed by atoms with Crippen LogP contribution in [0.3, 0.4) is 0 Å². The van der Waals surface area contributed by atoms with Crippen molar-refractivity contribution in [3.05, 3.63) is 88.9 Å². The number of para-hydroxylation sites is 1. The van der Waals surface area contributed by atoms with Crippen LogP contribution in [0.5, 0.6) is 11.5 Å². The number of rotatable bonds is 8. The summed E-state index contributed by atoms with van der Waals surface area (Å²) in [6.45, 7) is 3.15. The van der Waals surface area contributed by atoms with Crippen molar-refractivity contribution in [2.75, 3.05) is 33.0 Å². The molecule has 0 saturated heterocycles. The first-order valence-corrected chi connectivity index (χ1v) is 13.0. The van der Waals surface area contributed by atoms with Gasteiger partial charge in [0.25, 0.3) is 5.56 Å². The van der Waals surface area contributed by atoms with Crippen LogP contribution in [-0.4, -0.2) is 71.2 Å². The third kappa shape index (κ3) is 4.85. The fourth-order valence-electron chi connectivity index (χ4n) is 4.83. The Balaban J connectivity index is 1.50. The molecule has 6 rings (SSSR count). The summed E-state index contributed by atoms with van der Waals surface area (Å²) in [6.07, 6.45) is 3.14. The second-order valence-electron chi connectivity index (χ2n) is 10.0. The van der Waals surface area contributed by atoms with Crippen LogP contribution in [-0.2, 0) is 6.54 Å². The number of hydrogen-bond donors (Lipinski definition) is 2. The minimum atomic E-state index is -0.193. The number of nitrogen functional groups attached to an aromatic ring is 1. The molecular weight excluding hydrogens is 522 g/mol. The number of fused-ring (bicyclic) bond motifs is 2. The number of aromatic hydroxyl groups is 1. The Bertz CT molecular complexity index is 1940. The van der Waals surface area contributed by atoms with Crippen LogP contribution in [0.25, 0.3) is 33.5 Å². The smallest absolute Gasteiger partial charge is 0.282 e. The van der Waals surface area contributed by atoms with Crippen molar-refractivity contribution >= 4 is 22.4 Å². The number of aryl methyl sites for hydroxylation is 1. The molecule has 12 heteroatoms. The summed E-state index contributed by atoms with van der Waals surface area (Å²) in [5, 5.41) is 20.7. The maximum atomic E-state index is 13.8. The van der Waals surface area contributed by atoms with Gasteiger partial charge in [-0.15, -0.1) is 0 Å². The molecular formula is C29H29N9O3. The molecule has 0 unspecified atom stereocenters. The Morgan fingerprint density at radius 3 is 2.63 bits per heavy atom. The van der Waals surface area contributed by atoms with Gasteiger partial charge in [0.05, 0.1) is 11.1 Å². The largest absolute Gasteiger partial charge is 0.508 e. The molecule has 0 bridgehead atoms. The van der Waals surface area contributed by atoms with Crippen molar-refractivity contribution in [1.29, 1.82) is 0 Å². The molecule has 0 fully saturated rings. The highest BCUT2D eigenvalue weighted by Crippen LogP contribution is 2.34. The summed E-state index contributed by atoms with van der Waals surface area (Å²) in [4.78, 5) is 24.4. The lowest BCUT2D eigenvalue weighted by atomic mass is 10.1. The molecule has 0 amide bonds. The monoisotopic (exact) mass is 551 g/mol. The Kier molecular flexibility index (Phi) is 6.59. The summed E-state index contributed by atoms with van der Waals surface area (Å²) in [5.41, 5.74) is 9.67. The van der Waals surface area contributed by atoms with E-state index in [1.165, 1.54) is 6.33 Å². The highest BCUT2D eigenvalue weighted by Gasteiger charge is 2.21. The number of aromatic nitrogens is 7. The molecule has 0 radical (unpaired) electrons. The lowest BCUT2D eigenvalue weighted by molar-refractivity contribution is 0.260. The number of hydrogen-bond acceptors (Lipinski definition) is 9. The molecule has 3 N–H and O–H groups in total. The van der Waals surface area contributed by atoms with Crippen LogP contribution in [0, 0.1) is 6.92 Å². The van der Waals surface area contributed by atoms with Gasteiger partial charge >= 0.3 is 0 Å². The summed E-state index contributed by atoms with van der Waals surface area (Å²) >= 11 is 0. The quantitative estimate of drug-likeness (QED) is 0.292. The molecule has 208 valence electrons.